The molecule has 0 aromatic heterocycles. The number of aromatic hydroxyl groups is 1. The standard InChI is InChI=1S/C16H15ClN2O2/c1-21-15-4-2-3-12(16(15)20)14-9-13(18-19-14)10-5-7-11(17)8-6-10/h2-8,14,19-20H,9H2,1H3. The fraction of sp³-hybridized carbons (Fsp3) is 0.188. The lowest BCUT2D eigenvalue weighted by atomic mass is 9.98. The average Bonchev–Trinajstić information content (AvgIpc) is 2.98. The van der Waals surface area contributed by atoms with Crippen LogP contribution in [0, 0.1) is 0 Å². The molecule has 2 N–H and O–H groups in total. The predicted octanol–water partition coefficient (Wildman–Crippen LogP) is 3.49. The highest BCUT2D eigenvalue weighted by atomic mass is 35.5. The molecule has 1 aliphatic heterocycles. The molecule has 4 nitrogen and oxygen atoms in total. The first kappa shape index (κ1) is 13.8. The maximum absolute atomic E-state index is 10.2. The summed E-state index contributed by atoms with van der Waals surface area (Å²) in [6.45, 7) is 0. The molecule has 0 aliphatic carbocycles. The maximum atomic E-state index is 10.2. The van der Waals surface area contributed by atoms with E-state index in [1.807, 2.05) is 36.4 Å². The van der Waals surface area contributed by atoms with E-state index in [4.69, 9.17) is 16.3 Å². The van der Waals surface area contributed by atoms with Gasteiger partial charge in [-0.25, -0.2) is 0 Å². The Morgan fingerprint density at radius 2 is 2.00 bits per heavy atom. The van der Waals surface area contributed by atoms with E-state index in [0.717, 1.165) is 16.8 Å². The Morgan fingerprint density at radius 1 is 1.24 bits per heavy atom. The van der Waals surface area contributed by atoms with Gasteiger partial charge in [-0.1, -0.05) is 35.9 Å². The molecule has 2 aromatic carbocycles. The van der Waals surface area contributed by atoms with Gasteiger partial charge in [-0.05, 0) is 23.8 Å². The van der Waals surface area contributed by atoms with E-state index in [9.17, 15) is 5.11 Å². The van der Waals surface area contributed by atoms with Gasteiger partial charge in [-0.3, -0.25) is 0 Å². The number of nitrogens with one attached hydrogen (secondary N) is 1. The lowest BCUT2D eigenvalue weighted by molar-refractivity contribution is 0.367. The highest BCUT2D eigenvalue weighted by Gasteiger charge is 2.24. The zero-order valence-electron chi connectivity index (χ0n) is 11.5. The van der Waals surface area contributed by atoms with Gasteiger partial charge < -0.3 is 15.3 Å². The minimum Gasteiger partial charge on any atom is -0.504 e. The largest absolute Gasteiger partial charge is 0.504 e. The van der Waals surface area contributed by atoms with Gasteiger partial charge in [-0.2, -0.15) is 5.10 Å². The Morgan fingerprint density at radius 3 is 2.71 bits per heavy atom. The molecule has 0 spiro atoms. The van der Waals surface area contributed by atoms with Crippen LogP contribution in [0.5, 0.6) is 11.5 Å². The van der Waals surface area contributed by atoms with E-state index >= 15 is 0 Å². The van der Waals surface area contributed by atoms with Gasteiger partial charge >= 0.3 is 0 Å². The summed E-state index contributed by atoms with van der Waals surface area (Å²) in [7, 11) is 1.54. The number of nitrogens with zero attached hydrogens (tertiary/aromatic N) is 1. The third-order valence-corrected chi connectivity index (χ3v) is 3.81. The van der Waals surface area contributed by atoms with E-state index in [2.05, 4.69) is 10.5 Å². The van der Waals surface area contributed by atoms with E-state index < -0.39 is 0 Å². The zero-order valence-corrected chi connectivity index (χ0v) is 12.3. The van der Waals surface area contributed by atoms with Gasteiger partial charge in [-0.15, -0.1) is 0 Å². The molecule has 0 radical (unpaired) electrons. The third kappa shape index (κ3) is 2.67. The second kappa shape index (κ2) is 5.66. The molecular formula is C16H15ClN2O2. The van der Waals surface area contributed by atoms with Crippen molar-refractivity contribution in [2.45, 2.75) is 12.5 Å². The number of phenolic OH excluding ortho intramolecular Hbond substituents is 1. The van der Waals surface area contributed by atoms with Crippen molar-refractivity contribution in [3.63, 3.8) is 0 Å². The van der Waals surface area contributed by atoms with Crippen molar-refractivity contribution in [3.8, 4) is 11.5 Å². The Bertz CT molecular complexity index is 683. The number of ether oxygens (including phenoxy) is 1. The fourth-order valence-electron chi connectivity index (χ4n) is 2.43. The van der Waals surface area contributed by atoms with Crippen LogP contribution >= 0.6 is 11.6 Å². The molecule has 1 atom stereocenters. The molecule has 1 aliphatic rings. The number of para-hydroxylation sites is 1. The lowest BCUT2D eigenvalue weighted by Crippen LogP contribution is -2.10. The number of halogens is 1. The summed E-state index contributed by atoms with van der Waals surface area (Å²) in [4.78, 5) is 0. The van der Waals surface area contributed by atoms with Gasteiger partial charge in [0.1, 0.15) is 0 Å². The topological polar surface area (TPSA) is 53.8 Å². The molecule has 2 aromatic rings. The van der Waals surface area contributed by atoms with E-state index in [1.54, 1.807) is 6.07 Å². The number of phenols is 1. The van der Waals surface area contributed by atoms with Crippen molar-refractivity contribution >= 4 is 17.3 Å². The van der Waals surface area contributed by atoms with E-state index in [1.165, 1.54) is 7.11 Å². The summed E-state index contributed by atoms with van der Waals surface area (Å²) in [5.41, 5.74) is 5.82. The van der Waals surface area contributed by atoms with Crippen LogP contribution in [-0.4, -0.2) is 17.9 Å². The molecule has 0 fully saturated rings. The molecule has 21 heavy (non-hydrogen) atoms. The van der Waals surface area contributed by atoms with Gasteiger partial charge in [0.25, 0.3) is 0 Å². The number of hydrogen-bond donors (Lipinski definition) is 2. The number of benzene rings is 2. The van der Waals surface area contributed by atoms with Gasteiger partial charge in [0, 0.05) is 17.0 Å². The molecule has 1 heterocycles. The van der Waals surface area contributed by atoms with Crippen molar-refractivity contribution in [2.75, 3.05) is 7.11 Å². The molecule has 3 rings (SSSR count). The summed E-state index contributed by atoms with van der Waals surface area (Å²) < 4.78 is 5.14. The molecule has 1 unspecified atom stereocenters. The van der Waals surface area contributed by atoms with Crippen LogP contribution in [-0.2, 0) is 0 Å². The number of hydrogen-bond acceptors (Lipinski definition) is 4. The van der Waals surface area contributed by atoms with Crippen LogP contribution in [0.25, 0.3) is 0 Å². The second-order valence-corrected chi connectivity index (χ2v) is 5.29. The minimum atomic E-state index is -0.0641. The van der Waals surface area contributed by atoms with Crippen molar-refractivity contribution in [2.24, 2.45) is 5.10 Å². The first-order chi connectivity index (χ1) is 10.2. The zero-order chi connectivity index (χ0) is 14.8. The molecular weight excluding hydrogens is 288 g/mol. The first-order valence-electron chi connectivity index (χ1n) is 6.63. The van der Waals surface area contributed by atoms with Crippen LogP contribution in [0.1, 0.15) is 23.6 Å². The highest BCUT2D eigenvalue weighted by molar-refractivity contribution is 6.30. The summed E-state index contributed by atoms with van der Waals surface area (Å²) in [6, 6.07) is 13.0. The number of hydrazone groups is 1. The first-order valence-corrected chi connectivity index (χ1v) is 7.00. The van der Waals surface area contributed by atoms with Crippen molar-refractivity contribution in [1.82, 2.24) is 5.43 Å². The Hall–Kier alpha value is -2.20. The maximum Gasteiger partial charge on any atom is 0.163 e. The van der Waals surface area contributed by atoms with E-state index in [-0.39, 0.29) is 11.8 Å². The predicted molar refractivity (Wildman–Crippen MR) is 83.1 cm³/mol. The Labute approximate surface area is 128 Å². The molecule has 0 saturated carbocycles. The average molecular weight is 303 g/mol. The Kier molecular flexibility index (Phi) is 3.71. The molecule has 0 bridgehead atoms. The van der Waals surface area contributed by atoms with Gasteiger partial charge in [0.15, 0.2) is 11.5 Å². The van der Waals surface area contributed by atoms with Gasteiger partial charge in [0.05, 0.1) is 18.9 Å². The highest BCUT2D eigenvalue weighted by Crippen LogP contribution is 2.36. The van der Waals surface area contributed by atoms with Crippen molar-refractivity contribution in [1.29, 1.82) is 0 Å². The second-order valence-electron chi connectivity index (χ2n) is 4.85. The fourth-order valence-corrected chi connectivity index (χ4v) is 2.56. The minimum absolute atomic E-state index is 0.0641. The molecule has 108 valence electrons. The van der Waals surface area contributed by atoms with Crippen LogP contribution in [0.3, 0.4) is 0 Å². The van der Waals surface area contributed by atoms with Crippen LogP contribution in [0.15, 0.2) is 47.6 Å². The summed E-state index contributed by atoms with van der Waals surface area (Å²) in [5, 5.41) is 15.3. The number of rotatable bonds is 3. The summed E-state index contributed by atoms with van der Waals surface area (Å²) in [5.74, 6) is 0.624. The lowest BCUT2D eigenvalue weighted by Gasteiger charge is -2.14. The quantitative estimate of drug-likeness (QED) is 0.912. The van der Waals surface area contributed by atoms with Crippen molar-refractivity contribution in [3.05, 3.63) is 58.6 Å². The molecule has 0 amide bonds. The molecule has 0 saturated heterocycles. The van der Waals surface area contributed by atoms with Crippen molar-refractivity contribution < 1.29 is 9.84 Å². The number of methoxy groups -OCH3 is 1. The van der Waals surface area contributed by atoms with Crippen LogP contribution < -0.4 is 10.2 Å². The van der Waals surface area contributed by atoms with Crippen LogP contribution in [0.4, 0.5) is 0 Å². The van der Waals surface area contributed by atoms with E-state index in [0.29, 0.717) is 17.2 Å². The summed E-state index contributed by atoms with van der Waals surface area (Å²) in [6.07, 6.45) is 0.697. The van der Waals surface area contributed by atoms with Crippen LogP contribution in [0.2, 0.25) is 5.02 Å². The summed E-state index contributed by atoms with van der Waals surface area (Å²) >= 11 is 5.89. The Balaban J connectivity index is 1.82. The third-order valence-electron chi connectivity index (χ3n) is 3.56. The molecule has 5 heteroatoms. The monoisotopic (exact) mass is 302 g/mol. The van der Waals surface area contributed by atoms with Gasteiger partial charge in [0.2, 0.25) is 0 Å². The SMILES string of the molecule is COc1cccc(C2CC(c3ccc(Cl)cc3)=NN2)c1O. The normalized spacial score (nSPS) is 17.2. The smallest absolute Gasteiger partial charge is 0.163 e.